The van der Waals surface area contributed by atoms with Crippen LogP contribution in [-0.2, 0) is 12.7 Å². The van der Waals surface area contributed by atoms with Gasteiger partial charge in [-0.3, -0.25) is 0 Å². The highest BCUT2D eigenvalue weighted by molar-refractivity contribution is 7.43. The van der Waals surface area contributed by atoms with Crippen LogP contribution in [0.4, 0.5) is 0 Å². The van der Waals surface area contributed by atoms with Gasteiger partial charge in [0.2, 0.25) is 0 Å². The van der Waals surface area contributed by atoms with Gasteiger partial charge in [-0.05, 0) is 12.8 Å². The van der Waals surface area contributed by atoms with Gasteiger partial charge in [0.1, 0.15) is 0 Å². The van der Waals surface area contributed by atoms with E-state index in [9.17, 15) is 0 Å². The smallest absolute Gasteiger partial charge is 0.307 e. The van der Waals surface area contributed by atoms with E-state index in [0.29, 0.717) is 0 Å². The van der Waals surface area contributed by atoms with Crippen LogP contribution in [0, 0.1) is 0 Å². The largest absolute Gasteiger partial charge is 0.368 e. The minimum atomic E-state index is -1.55. The van der Waals surface area contributed by atoms with Crippen molar-refractivity contribution in [3.63, 3.8) is 0 Å². The fraction of sp³-hybridized carbons (Fsp3) is 1.00. The maximum Gasteiger partial charge on any atom is 0.368 e. The first-order valence-electron chi connectivity index (χ1n) is 3.91. The second kappa shape index (κ2) is 6.36. The molecule has 3 nitrogen and oxygen atoms in total. The maximum atomic E-state index is 5.35. The van der Waals surface area contributed by atoms with E-state index in [-0.39, 0.29) is 6.10 Å². The Morgan fingerprint density at radius 2 is 1.58 bits per heavy atom. The molecule has 6 heteroatoms. The maximum absolute atomic E-state index is 5.35. The summed E-state index contributed by atoms with van der Waals surface area (Å²) in [5, 5.41) is 0. The second-order valence-corrected chi connectivity index (χ2v) is 4.49. The average Bonchev–Trinajstić information content (AvgIpc) is 2.16. The molecule has 0 unspecified atom stereocenters. The molecule has 0 atom stereocenters. The Balaban J connectivity index is 2.18. The summed E-state index contributed by atoms with van der Waals surface area (Å²) < 4.78 is 14.1. The summed E-state index contributed by atoms with van der Waals surface area (Å²) in [6.07, 6.45) is 5.94. The molecule has 1 aliphatic carbocycles. The molecule has 0 aromatic carbocycles. The monoisotopic (exact) mass is 232 g/mol. The SMILES string of the molecule is ClOP(OCl)OC1CCCCC1. The lowest BCUT2D eigenvalue weighted by molar-refractivity contribution is 0.141. The lowest BCUT2D eigenvalue weighted by Crippen LogP contribution is -2.14. The normalized spacial score (nSPS) is 20.2. The van der Waals surface area contributed by atoms with Crippen molar-refractivity contribution in [3.05, 3.63) is 0 Å². The van der Waals surface area contributed by atoms with Crippen molar-refractivity contribution in [1.29, 1.82) is 0 Å². The van der Waals surface area contributed by atoms with E-state index in [4.69, 9.17) is 28.3 Å². The van der Waals surface area contributed by atoms with E-state index in [1.807, 2.05) is 0 Å². The molecule has 12 heavy (non-hydrogen) atoms. The van der Waals surface area contributed by atoms with Crippen LogP contribution in [0.5, 0.6) is 0 Å². The molecule has 1 aliphatic rings. The highest BCUT2D eigenvalue weighted by atomic mass is 35.5. The molecule has 72 valence electrons. The van der Waals surface area contributed by atoms with Crippen LogP contribution >= 0.6 is 32.3 Å². The molecule has 0 radical (unpaired) electrons. The Kier molecular flexibility index (Phi) is 5.81. The number of hydrogen-bond donors (Lipinski definition) is 0. The van der Waals surface area contributed by atoms with Crippen LogP contribution in [0.15, 0.2) is 0 Å². The predicted molar refractivity (Wildman–Crippen MR) is 48.8 cm³/mol. The topological polar surface area (TPSA) is 27.7 Å². The quantitative estimate of drug-likeness (QED) is 0.689. The van der Waals surface area contributed by atoms with Crippen molar-refractivity contribution in [1.82, 2.24) is 0 Å². The summed E-state index contributed by atoms with van der Waals surface area (Å²) in [5.74, 6) is 0. The Labute approximate surface area is 83.6 Å². The van der Waals surface area contributed by atoms with E-state index in [0.717, 1.165) is 12.8 Å². The zero-order valence-corrected chi connectivity index (χ0v) is 8.95. The van der Waals surface area contributed by atoms with Crippen LogP contribution in [0.2, 0.25) is 0 Å². The Bertz CT molecular complexity index is 117. The highest BCUT2D eigenvalue weighted by Gasteiger charge is 2.21. The third-order valence-electron chi connectivity index (χ3n) is 1.90. The molecule has 0 aromatic heterocycles. The van der Waals surface area contributed by atoms with Crippen LogP contribution in [-0.4, -0.2) is 6.10 Å². The van der Waals surface area contributed by atoms with Gasteiger partial charge in [0.25, 0.3) is 0 Å². The summed E-state index contributed by atoms with van der Waals surface area (Å²) in [7, 11) is -1.55. The third kappa shape index (κ3) is 3.73. The van der Waals surface area contributed by atoms with Crippen molar-refractivity contribution in [3.8, 4) is 0 Å². The molecule has 0 aliphatic heterocycles. The van der Waals surface area contributed by atoms with E-state index in [1.165, 1.54) is 19.3 Å². The van der Waals surface area contributed by atoms with Crippen LogP contribution in [0.3, 0.4) is 0 Å². The summed E-state index contributed by atoms with van der Waals surface area (Å²) in [5.41, 5.74) is 0. The summed E-state index contributed by atoms with van der Waals surface area (Å²) >= 11 is 10.2. The average molecular weight is 233 g/mol. The van der Waals surface area contributed by atoms with Gasteiger partial charge in [-0.25, -0.2) is 0 Å². The minimum Gasteiger partial charge on any atom is -0.307 e. The first-order chi connectivity index (χ1) is 5.86. The summed E-state index contributed by atoms with van der Waals surface area (Å²) in [6, 6.07) is 0. The molecule has 0 heterocycles. The molecule has 1 rings (SSSR count). The summed E-state index contributed by atoms with van der Waals surface area (Å²) in [4.78, 5) is 0. The minimum absolute atomic E-state index is 0.197. The van der Waals surface area contributed by atoms with Crippen LogP contribution in [0.1, 0.15) is 32.1 Å². The van der Waals surface area contributed by atoms with Gasteiger partial charge in [-0.15, -0.1) is 0 Å². The van der Waals surface area contributed by atoms with Crippen molar-refractivity contribution >= 4 is 32.3 Å². The van der Waals surface area contributed by atoms with E-state index in [1.54, 1.807) is 0 Å². The number of hydrogen-bond acceptors (Lipinski definition) is 3. The van der Waals surface area contributed by atoms with Crippen molar-refractivity contribution in [2.75, 3.05) is 0 Å². The van der Waals surface area contributed by atoms with Gasteiger partial charge in [0.05, 0.1) is 29.8 Å². The lowest BCUT2D eigenvalue weighted by Gasteiger charge is -2.22. The number of rotatable bonds is 4. The van der Waals surface area contributed by atoms with Gasteiger partial charge in [-0.2, -0.15) is 8.15 Å². The highest BCUT2D eigenvalue weighted by Crippen LogP contribution is 2.45. The molecule has 0 spiro atoms. The van der Waals surface area contributed by atoms with Crippen molar-refractivity contribution in [2.24, 2.45) is 0 Å². The van der Waals surface area contributed by atoms with E-state index < -0.39 is 8.60 Å². The van der Waals surface area contributed by atoms with Gasteiger partial charge in [0, 0.05) is 0 Å². The summed E-state index contributed by atoms with van der Waals surface area (Å²) in [6.45, 7) is 0. The molecule has 0 amide bonds. The van der Waals surface area contributed by atoms with Gasteiger partial charge >= 0.3 is 8.60 Å². The predicted octanol–water partition coefficient (Wildman–Crippen LogP) is 3.90. The first-order valence-corrected chi connectivity index (χ1v) is 5.62. The zero-order valence-electron chi connectivity index (χ0n) is 6.54. The molecule has 0 N–H and O–H groups in total. The molecule has 1 fully saturated rings. The van der Waals surface area contributed by atoms with Gasteiger partial charge < -0.3 is 4.52 Å². The number of halogens is 2. The second-order valence-electron chi connectivity index (χ2n) is 2.73. The molecule has 1 saturated carbocycles. The van der Waals surface area contributed by atoms with Crippen molar-refractivity contribution < 1.29 is 12.7 Å². The molecular formula is C6H11Cl2O3P. The van der Waals surface area contributed by atoms with Gasteiger partial charge in [0.15, 0.2) is 0 Å². The Morgan fingerprint density at radius 3 is 2.08 bits per heavy atom. The van der Waals surface area contributed by atoms with Gasteiger partial charge in [-0.1, -0.05) is 19.3 Å². The first kappa shape index (κ1) is 11.0. The Morgan fingerprint density at radius 1 is 1.00 bits per heavy atom. The fourth-order valence-electron chi connectivity index (χ4n) is 1.34. The molecule has 0 saturated heterocycles. The van der Waals surface area contributed by atoms with E-state index >= 15 is 0 Å². The van der Waals surface area contributed by atoms with Crippen molar-refractivity contribution in [2.45, 2.75) is 38.2 Å². The molecular weight excluding hydrogens is 222 g/mol. The Hall–Kier alpha value is 0.890. The third-order valence-corrected chi connectivity index (χ3v) is 3.27. The molecule has 0 aromatic rings. The standard InChI is InChI=1S/C6H11Cl2O3P/c7-10-12(11-8)9-6-4-2-1-3-5-6/h6H,1-5H2. The van der Waals surface area contributed by atoms with Crippen LogP contribution < -0.4 is 0 Å². The van der Waals surface area contributed by atoms with Crippen LogP contribution in [0.25, 0.3) is 0 Å². The van der Waals surface area contributed by atoms with E-state index in [2.05, 4.69) is 8.15 Å². The lowest BCUT2D eigenvalue weighted by atomic mass is 9.98. The fourth-order valence-corrected chi connectivity index (χ4v) is 2.33. The molecule has 0 bridgehead atoms. The zero-order chi connectivity index (χ0) is 8.81.